The molecule has 2 aromatic carbocycles. The van der Waals surface area contributed by atoms with Crippen molar-refractivity contribution < 1.29 is 14.7 Å². The molecule has 2 amide bonds. The maximum atomic E-state index is 13.1. The van der Waals surface area contributed by atoms with Crippen LogP contribution in [0, 0.1) is 0 Å². The number of amides is 2. The highest BCUT2D eigenvalue weighted by Gasteiger charge is 2.35. The lowest BCUT2D eigenvalue weighted by Crippen LogP contribution is -2.54. The average molecular weight is 477 g/mol. The molecule has 4 rings (SSSR count). The Morgan fingerprint density at radius 3 is 2.66 bits per heavy atom. The average Bonchev–Trinajstić information content (AvgIpc) is 3.52. The van der Waals surface area contributed by atoms with Crippen molar-refractivity contribution in [2.24, 2.45) is 5.73 Å². The number of fused-ring (bicyclic) bond motifs is 1. The molecular formula is C28H36N4O3. The molecule has 1 saturated heterocycles. The number of aryl methyl sites for hydroxylation is 1. The molecule has 0 saturated carbocycles. The van der Waals surface area contributed by atoms with E-state index in [1.165, 1.54) is 5.56 Å². The highest BCUT2D eigenvalue weighted by Crippen LogP contribution is 2.22. The Kier molecular flexibility index (Phi) is 8.55. The predicted octanol–water partition coefficient (Wildman–Crippen LogP) is 3.27. The van der Waals surface area contributed by atoms with Gasteiger partial charge in [-0.05, 0) is 55.7 Å². The molecule has 3 unspecified atom stereocenters. The van der Waals surface area contributed by atoms with Crippen LogP contribution >= 0.6 is 0 Å². The molecule has 7 heteroatoms. The summed E-state index contributed by atoms with van der Waals surface area (Å²) in [7, 11) is 0. The van der Waals surface area contributed by atoms with Crippen molar-refractivity contribution in [2.45, 2.75) is 69.7 Å². The van der Waals surface area contributed by atoms with E-state index in [9.17, 15) is 14.7 Å². The third kappa shape index (κ3) is 6.50. The van der Waals surface area contributed by atoms with E-state index in [1.807, 2.05) is 48.7 Å². The second kappa shape index (κ2) is 12.0. The van der Waals surface area contributed by atoms with Gasteiger partial charge in [0.1, 0.15) is 12.3 Å². The molecule has 186 valence electrons. The zero-order valence-corrected chi connectivity index (χ0v) is 20.2. The third-order valence-electron chi connectivity index (χ3n) is 6.93. The van der Waals surface area contributed by atoms with Gasteiger partial charge in [-0.1, -0.05) is 55.0 Å². The first kappa shape index (κ1) is 24.9. The van der Waals surface area contributed by atoms with Crippen LogP contribution in [-0.4, -0.2) is 51.7 Å². The number of carbonyl (C=O) groups is 2. The third-order valence-corrected chi connectivity index (χ3v) is 6.93. The fourth-order valence-corrected chi connectivity index (χ4v) is 4.98. The molecule has 35 heavy (non-hydrogen) atoms. The smallest absolute Gasteiger partial charge is 0.243 e. The number of para-hydroxylation sites is 1. The lowest BCUT2D eigenvalue weighted by molar-refractivity contribution is -0.139. The van der Waals surface area contributed by atoms with Gasteiger partial charge in [0.15, 0.2) is 0 Å². The monoisotopic (exact) mass is 476 g/mol. The summed E-state index contributed by atoms with van der Waals surface area (Å²) in [4.78, 5) is 30.9. The van der Waals surface area contributed by atoms with Gasteiger partial charge in [-0.2, -0.15) is 0 Å². The number of benzene rings is 2. The fraction of sp³-hybridized carbons (Fsp3) is 0.429. The SMILES string of the molecule is NC(O)C(Cc1c[nH]c2ccccc12)NC(=O)C1CCCN1C(=O)CCCCCc1ccccc1. The van der Waals surface area contributed by atoms with Crippen LogP contribution < -0.4 is 11.1 Å². The molecule has 0 aliphatic carbocycles. The maximum absolute atomic E-state index is 13.1. The Hall–Kier alpha value is -3.16. The summed E-state index contributed by atoms with van der Waals surface area (Å²) >= 11 is 0. The molecule has 1 aromatic heterocycles. The molecule has 1 aliphatic heterocycles. The summed E-state index contributed by atoms with van der Waals surface area (Å²) < 4.78 is 0. The topological polar surface area (TPSA) is 111 Å². The molecule has 3 aromatic rings. The Morgan fingerprint density at radius 1 is 1.09 bits per heavy atom. The van der Waals surface area contributed by atoms with Crippen molar-refractivity contribution in [1.29, 1.82) is 0 Å². The summed E-state index contributed by atoms with van der Waals surface area (Å²) in [5.74, 6) is -0.210. The van der Waals surface area contributed by atoms with Crippen LogP contribution in [0.1, 0.15) is 49.7 Å². The van der Waals surface area contributed by atoms with Gasteiger partial charge in [-0.25, -0.2) is 0 Å². The summed E-state index contributed by atoms with van der Waals surface area (Å²) in [6, 6.07) is 17.1. The molecular weight excluding hydrogens is 440 g/mol. The molecule has 1 aliphatic rings. The number of rotatable bonds is 11. The number of aromatic amines is 1. The number of carbonyl (C=O) groups excluding carboxylic acids is 2. The minimum atomic E-state index is -1.21. The maximum Gasteiger partial charge on any atom is 0.243 e. The lowest BCUT2D eigenvalue weighted by Gasteiger charge is -2.28. The van der Waals surface area contributed by atoms with Crippen molar-refractivity contribution in [2.75, 3.05) is 6.54 Å². The highest BCUT2D eigenvalue weighted by atomic mass is 16.3. The standard InChI is InChI=1S/C28H36N4O3/c29-27(34)24(18-21-19-30-23-14-8-7-13-22(21)23)31-28(35)25-15-9-17-32(25)26(33)16-6-2-5-12-20-10-3-1-4-11-20/h1,3-4,7-8,10-11,13-14,19,24-25,27,30,34H,2,5-6,9,12,15-18,29H2,(H,31,35). The van der Waals surface area contributed by atoms with Crippen LogP contribution in [0.3, 0.4) is 0 Å². The van der Waals surface area contributed by atoms with Crippen molar-refractivity contribution in [3.8, 4) is 0 Å². The second-order valence-corrected chi connectivity index (χ2v) is 9.46. The molecule has 0 radical (unpaired) electrons. The first-order valence-electron chi connectivity index (χ1n) is 12.7. The van der Waals surface area contributed by atoms with Gasteiger partial charge in [-0.3, -0.25) is 9.59 Å². The number of nitrogens with one attached hydrogen (secondary N) is 2. The molecule has 1 fully saturated rings. The summed E-state index contributed by atoms with van der Waals surface area (Å²) in [6.07, 6.45) is 6.83. The molecule has 3 atom stereocenters. The Labute approximate surface area is 206 Å². The van der Waals surface area contributed by atoms with Crippen LogP contribution in [0.5, 0.6) is 0 Å². The van der Waals surface area contributed by atoms with Crippen LogP contribution in [0.25, 0.3) is 10.9 Å². The number of unbranched alkanes of at least 4 members (excludes halogenated alkanes) is 2. The van der Waals surface area contributed by atoms with Crippen molar-refractivity contribution in [3.63, 3.8) is 0 Å². The minimum Gasteiger partial charge on any atom is -0.377 e. The highest BCUT2D eigenvalue weighted by molar-refractivity contribution is 5.88. The summed E-state index contributed by atoms with van der Waals surface area (Å²) in [5, 5.41) is 14.1. The number of H-pyrrole nitrogens is 1. The Morgan fingerprint density at radius 2 is 1.86 bits per heavy atom. The van der Waals surface area contributed by atoms with Crippen molar-refractivity contribution in [3.05, 3.63) is 71.9 Å². The van der Waals surface area contributed by atoms with E-state index in [-0.39, 0.29) is 11.8 Å². The Balaban J connectivity index is 1.28. The summed E-state index contributed by atoms with van der Waals surface area (Å²) in [6.45, 7) is 0.596. The molecule has 2 heterocycles. The quantitative estimate of drug-likeness (QED) is 0.251. The fourth-order valence-electron chi connectivity index (χ4n) is 4.98. The van der Waals surface area contributed by atoms with Crippen LogP contribution in [0.15, 0.2) is 60.8 Å². The number of aromatic nitrogens is 1. The first-order chi connectivity index (χ1) is 17.0. The van der Waals surface area contributed by atoms with Gasteiger partial charge in [0.2, 0.25) is 11.8 Å². The van der Waals surface area contributed by atoms with E-state index in [4.69, 9.17) is 5.73 Å². The van der Waals surface area contributed by atoms with E-state index in [0.717, 1.165) is 48.6 Å². The van der Waals surface area contributed by atoms with E-state index in [1.54, 1.807) is 4.90 Å². The van der Waals surface area contributed by atoms with Crippen LogP contribution in [-0.2, 0) is 22.4 Å². The number of aliphatic hydroxyl groups is 1. The number of likely N-dealkylation sites (tertiary alicyclic amines) is 1. The van der Waals surface area contributed by atoms with Crippen LogP contribution in [0.4, 0.5) is 0 Å². The van der Waals surface area contributed by atoms with Gasteiger partial charge >= 0.3 is 0 Å². The molecule has 0 bridgehead atoms. The number of nitrogens with two attached hydrogens (primary N) is 1. The first-order valence-corrected chi connectivity index (χ1v) is 12.7. The second-order valence-electron chi connectivity index (χ2n) is 9.46. The van der Waals surface area contributed by atoms with Gasteiger partial charge in [-0.15, -0.1) is 0 Å². The van der Waals surface area contributed by atoms with E-state index in [2.05, 4.69) is 22.4 Å². The lowest BCUT2D eigenvalue weighted by atomic mass is 10.0. The van der Waals surface area contributed by atoms with Gasteiger partial charge < -0.3 is 26.0 Å². The largest absolute Gasteiger partial charge is 0.377 e. The minimum absolute atomic E-state index is 0.0313. The van der Waals surface area contributed by atoms with Gasteiger partial charge in [0.05, 0.1) is 6.04 Å². The number of nitrogens with zero attached hydrogens (tertiary/aromatic N) is 1. The normalized spacial score (nSPS) is 17.4. The van der Waals surface area contributed by atoms with E-state index < -0.39 is 18.3 Å². The van der Waals surface area contributed by atoms with Gasteiger partial charge in [0.25, 0.3) is 0 Å². The number of aliphatic hydroxyl groups excluding tert-OH is 1. The van der Waals surface area contributed by atoms with Crippen LogP contribution in [0.2, 0.25) is 0 Å². The summed E-state index contributed by atoms with van der Waals surface area (Å²) in [5.41, 5.74) is 9.12. The molecule has 7 nitrogen and oxygen atoms in total. The van der Waals surface area contributed by atoms with Gasteiger partial charge in [0, 0.05) is 30.1 Å². The van der Waals surface area contributed by atoms with Crippen molar-refractivity contribution in [1.82, 2.24) is 15.2 Å². The zero-order chi connectivity index (χ0) is 24.6. The molecule has 0 spiro atoms. The predicted molar refractivity (Wildman–Crippen MR) is 137 cm³/mol. The Bertz CT molecular complexity index is 1110. The molecule has 5 N–H and O–H groups in total. The zero-order valence-electron chi connectivity index (χ0n) is 20.2. The number of hydrogen-bond donors (Lipinski definition) is 4. The number of hydrogen-bond acceptors (Lipinski definition) is 4. The van der Waals surface area contributed by atoms with Crippen molar-refractivity contribution >= 4 is 22.7 Å². The van der Waals surface area contributed by atoms with E-state index >= 15 is 0 Å². The van der Waals surface area contributed by atoms with E-state index in [0.29, 0.717) is 25.8 Å².